The predicted molar refractivity (Wildman–Crippen MR) is 99.8 cm³/mol. The number of thioether (sulfide) groups is 1. The Morgan fingerprint density at radius 3 is 2.88 bits per heavy atom. The van der Waals surface area contributed by atoms with Crippen LogP contribution in [0.1, 0.15) is 18.5 Å². The van der Waals surface area contributed by atoms with Gasteiger partial charge in [0.2, 0.25) is 5.91 Å². The average Bonchev–Trinajstić information content (AvgIpc) is 2.95. The number of aromatic nitrogens is 2. The number of carbonyl (C=O) groups excluding carboxylic acids is 1. The Kier molecular flexibility index (Phi) is 5.33. The van der Waals surface area contributed by atoms with Gasteiger partial charge in [-0.3, -0.25) is 4.79 Å². The Morgan fingerprint density at radius 1 is 1.29 bits per heavy atom. The fourth-order valence-corrected chi connectivity index (χ4v) is 3.52. The molecule has 2 aromatic carbocycles. The van der Waals surface area contributed by atoms with Crippen molar-refractivity contribution in [2.24, 2.45) is 0 Å². The predicted octanol–water partition coefficient (Wildman–Crippen LogP) is 4.84. The van der Waals surface area contributed by atoms with Crippen LogP contribution in [0.15, 0.2) is 47.6 Å². The van der Waals surface area contributed by atoms with Crippen LogP contribution in [0.5, 0.6) is 0 Å². The van der Waals surface area contributed by atoms with Crippen LogP contribution in [-0.2, 0) is 4.79 Å². The molecule has 24 heavy (non-hydrogen) atoms. The van der Waals surface area contributed by atoms with Crippen LogP contribution in [0.4, 0.5) is 0 Å². The van der Waals surface area contributed by atoms with Gasteiger partial charge in [-0.2, -0.15) is 0 Å². The van der Waals surface area contributed by atoms with Crippen molar-refractivity contribution in [3.63, 3.8) is 0 Å². The molecule has 124 valence electrons. The zero-order valence-electron chi connectivity index (χ0n) is 12.8. The standard InChI is InChI=1S/C17H15Cl2N3OS/c1-10(12-4-2-3-5-13(12)19)20-16(23)9-24-17-21-14-7-6-11(18)8-15(14)22-17/h2-8,10H,9H2,1H3,(H,20,23)(H,21,22). The molecule has 3 rings (SSSR count). The van der Waals surface area contributed by atoms with E-state index < -0.39 is 0 Å². The number of halogens is 2. The van der Waals surface area contributed by atoms with Crippen LogP contribution >= 0.6 is 35.0 Å². The highest BCUT2D eigenvalue weighted by Crippen LogP contribution is 2.24. The van der Waals surface area contributed by atoms with Crippen molar-refractivity contribution in [2.75, 3.05) is 5.75 Å². The topological polar surface area (TPSA) is 57.8 Å². The lowest BCUT2D eigenvalue weighted by atomic mass is 10.1. The van der Waals surface area contributed by atoms with E-state index in [0.29, 0.717) is 15.2 Å². The molecule has 0 fully saturated rings. The van der Waals surface area contributed by atoms with Gasteiger partial charge in [-0.15, -0.1) is 0 Å². The summed E-state index contributed by atoms with van der Waals surface area (Å²) < 4.78 is 0. The Labute approximate surface area is 153 Å². The van der Waals surface area contributed by atoms with Gasteiger partial charge in [0.15, 0.2) is 5.16 Å². The molecule has 0 aliphatic rings. The van der Waals surface area contributed by atoms with Crippen LogP contribution < -0.4 is 5.32 Å². The monoisotopic (exact) mass is 379 g/mol. The number of nitrogens with one attached hydrogen (secondary N) is 2. The number of imidazole rings is 1. The molecule has 0 radical (unpaired) electrons. The number of hydrogen-bond donors (Lipinski definition) is 2. The number of nitrogens with zero attached hydrogens (tertiary/aromatic N) is 1. The highest BCUT2D eigenvalue weighted by molar-refractivity contribution is 7.99. The number of amides is 1. The molecule has 2 N–H and O–H groups in total. The van der Waals surface area contributed by atoms with Crippen molar-refractivity contribution in [3.8, 4) is 0 Å². The number of rotatable bonds is 5. The number of fused-ring (bicyclic) bond motifs is 1. The molecule has 0 bridgehead atoms. The van der Waals surface area contributed by atoms with Crippen LogP contribution in [-0.4, -0.2) is 21.6 Å². The number of H-pyrrole nitrogens is 1. The Morgan fingerprint density at radius 2 is 2.08 bits per heavy atom. The van der Waals surface area contributed by atoms with E-state index in [2.05, 4.69) is 15.3 Å². The highest BCUT2D eigenvalue weighted by atomic mass is 35.5. The molecule has 1 atom stereocenters. The molecule has 3 aromatic rings. The summed E-state index contributed by atoms with van der Waals surface area (Å²) in [5, 5.41) is 4.92. The maximum atomic E-state index is 12.1. The Bertz CT molecular complexity index is 881. The molecule has 1 aromatic heterocycles. The second kappa shape index (κ2) is 7.47. The Hall–Kier alpha value is -1.69. The summed E-state index contributed by atoms with van der Waals surface area (Å²) in [5.41, 5.74) is 2.58. The van der Waals surface area contributed by atoms with E-state index in [1.807, 2.05) is 43.3 Å². The summed E-state index contributed by atoms with van der Waals surface area (Å²) in [4.78, 5) is 19.7. The Balaban J connectivity index is 1.59. The minimum atomic E-state index is -0.152. The minimum absolute atomic E-state index is 0.0779. The maximum Gasteiger partial charge on any atom is 0.230 e. The molecular formula is C17H15Cl2N3OS. The van der Waals surface area contributed by atoms with Crippen molar-refractivity contribution in [1.82, 2.24) is 15.3 Å². The number of benzene rings is 2. The van der Waals surface area contributed by atoms with Gasteiger partial charge in [-0.25, -0.2) is 4.98 Å². The second-order valence-electron chi connectivity index (χ2n) is 5.30. The summed E-state index contributed by atoms with van der Waals surface area (Å²) in [5.74, 6) is 0.188. The van der Waals surface area contributed by atoms with Crippen LogP contribution in [0.3, 0.4) is 0 Å². The van der Waals surface area contributed by atoms with E-state index in [0.717, 1.165) is 16.6 Å². The van der Waals surface area contributed by atoms with Gasteiger partial charge in [0.1, 0.15) is 0 Å². The van der Waals surface area contributed by atoms with Crippen molar-refractivity contribution in [1.29, 1.82) is 0 Å². The fraction of sp³-hybridized carbons (Fsp3) is 0.176. The van der Waals surface area contributed by atoms with Crippen LogP contribution in [0, 0.1) is 0 Å². The largest absolute Gasteiger partial charge is 0.349 e. The molecule has 0 spiro atoms. The van der Waals surface area contributed by atoms with Crippen LogP contribution in [0.25, 0.3) is 11.0 Å². The lowest BCUT2D eigenvalue weighted by Crippen LogP contribution is -2.28. The molecular weight excluding hydrogens is 365 g/mol. The van der Waals surface area contributed by atoms with E-state index in [-0.39, 0.29) is 17.7 Å². The molecule has 4 nitrogen and oxygen atoms in total. The number of aromatic amines is 1. The molecule has 0 aliphatic carbocycles. The van der Waals surface area contributed by atoms with Crippen molar-refractivity contribution < 1.29 is 4.79 Å². The van der Waals surface area contributed by atoms with Gasteiger partial charge in [-0.1, -0.05) is 53.2 Å². The van der Waals surface area contributed by atoms with Gasteiger partial charge in [-0.05, 0) is 36.8 Å². The van der Waals surface area contributed by atoms with E-state index in [4.69, 9.17) is 23.2 Å². The normalized spacial score (nSPS) is 12.3. The van der Waals surface area contributed by atoms with Gasteiger partial charge in [0, 0.05) is 10.0 Å². The smallest absolute Gasteiger partial charge is 0.230 e. The SMILES string of the molecule is CC(NC(=O)CSc1nc2ccc(Cl)cc2[nH]1)c1ccccc1Cl. The summed E-state index contributed by atoms with van der Waals surface area (Å²) in [6.07, 6.45) is 0. The maximum absolute atomic E-state index is 12.1. The molecule has 0 saturated heterocycles. The first-order valence-corrected chi connectivity index (χ1v) is 9.09. The first-order chi connectivity index (χ1) is 11.5. The van der Waals surface area contributed by atoms with Gasteiger partial charge < -0.3 is 10.3 Å². The number of hydrogen-bond acceptors (Lipinski definition) is 3. The first kappa shape index (κ1) is 17.1. The summed E-state index contributed by atoms with van der Waals surface area (Å²) in [7, 11) is 0. The second-order valence-corrected chi connectivity index (χ2v) is 7.11. The van der Waals surface area contributed by atoms with E-state index in [1.165, 1.54) is 11.8 Å². The number of carbonyl (C=O) groups is 1. The lowest BCUT2D eigenvalue weighted by molar-refractivity contribution is -0.119. The zero-order chi connectivity index (χ0) is 17.1. The third-order valence-electron chi connectivity index (χ3n) is 3.51. The molecule has 0 saturated carbocycles. The molecule has 0 aliphatic heterocycles. The van der Waals surface area contributed by atoms with Crippen LogP contribution in [0.2, 0.25) is 10.0 Å². The third-order valence-corrected chi connectivity index (χ3v) is 4.96. The van der Waals surface area contributed by atoms with E-state index >= 15 is 0 Å². The molecule has 1 unspecified atom stereocenters. The summed E-state index contributed by atoms with van der Waals surface area (Å²) in [6.45, 7) is 1.91. The average molecular weight is 380 g/mol. The van der Waals surface area contributed by atoms with Crippen molar-refractivity contribution in [2.45, 2.75) is 18.1 Å². The minimum Gasteiger partial charge on any atom is -0.349 e. The van der Waals surface area contributed by atoms with Gasteiger partial charge in [0.25, 0.3) is 0 Å². The summed E-state index contributed by atoms with van der Waals surface area (Å²) in [6, 6.07) is 12.8. The molecule has 1 amide bonds. The highest BCUT2D eigenvalue weighted by Gasteiger charge is 2.13. The van der Waals surface area contributed by atoms with E-state index in [1.54, 1.807) is 6.07 Å². The fourth-order valence-electron chi connectivity index (χ4n) is 2.35. The van der Waals surface area contributed by atoms with Crippen molar-refractivity contribution in [3.05, 3.63) is 58.1 Å². The molecule has 7 heteroatoms. The van der Waals surface area contributed by atoms with Gasteiger partial charge in [0.05, 0.1) is 22.8 Å². The third kappa shape index (κ3) is 4.04. The first-order valence-electron chi connectivity index (χ1n) is 7.35. The lowest BCUT2D eigenvalue weighted by Gasteiger charge is -2.15. The summed E-state index contributed by atoms with van der Waals surface area (Å²) >= 11 is 13.5. The zero-order valence-corrected chi connectivity index (χ0v) is 15.2. The van der Waals surface area contributed by atoms with Gasteiger partial charge >= 0.3 is 0 Å². The quantitative estimate of drug-likeness (QED) is 0.623. The molecule has 1 heterocycles. The van der Waals surface area contributed by atoms with E-state index in [9.17, 15) is 4.79 Å². The van der Waals surface area contributed by atoms with Crippen molar-refractivity contribution >= 4 is 51.9 Å².